The number of hydrogen-bond donors (Lipinski definition) is 0. The van der Waals surface area contributed by atoms with Crippen molar-refractivity contribution >= 4 is 42.9 Å². The van der Waals surface area contributed by atoms with Gasteiger partial charge in [0.25, 0.3) is 0 Å². The molecule has 248 valence electrons. The van der Waals surface area contributed by atoms with Crippen LogP contribution in [0.2, 0.25) is 0 Å². The van der Waals surface area contributed by atoms with E-state index in [-0.39, 0.29) is 0 Å². The molecule has 52 heavy (non-hydrogen) atoms. The normalized spacial score (nSPS) is 14.3. The fraction of sp³-hybridized carbons (Fsp3) is 0.0204. The van der Waals surface area contributed by atoms with Crippen LogP contribution in [0.15, 0.2) is 206 Å². The second kappa shape index (κ2) is 12.4. The van der Waals surface area contributed by atoms with Crippen LogP contribution < -0.4 is 15.9 Å². The zero-order valence-electron chi connectivity index (χ0n) is 28.4. The van der Waals surface area contributed by atoms with Crippen molar-refractivity contribution in [3.8, 4) is 22.3 Å². The van der Waals surface area contributed by atoms with Crippen molar-refractivity contribution in [3.63, 3.8) is 0 Å². The Hall–Kier alpha value is -5.28. The third kappa shape index (κ3) is 4.57. The van der Waals surface area contributed by atoms with Crippen LogP contribution in [0.4, 0.5) is 0 Å². The van der Waals surface area contributed by atoms with E-state index in [9.17, 15) is 0 Å². The zero-order chi connectivity index (χ0) is 34.7. The minimum atomic E-state index is -3.13. The Kier molecular flexibility index (Phi) is 7.53. The Labute approximate surface area is 312 Å². The first-order valence-corrected chi connectivity index (χ1v) is 22.6. The number of fused-ring (bicyclic) bond motifs is 6. The number of rotatable bonds is 6. The van der Waals surface area contributed by atoms with Gasteiger partial charge < -0.3 is 0 Å². The van der Waals surface area contributed by atoms with Crippen LogP contribution >= 0.6 is 27.0 Å². The molecule has 2 aliphatic rings. The van der Waals surface area contributed by atoms with Crippen molar-refractivity contribution in [1.82, 2.24) is 0 Å². The third-order valence-corrected chi connectivity index (χ3v) is 20.0. The second-order valence-corrected chi connectivity index (χ2v) is 21.4. The average molecular weight is 797 g/mol. The summed E-state index contributed by atoms with van der Waals surface area (Å²) in [6, 6.07) is 74.0. The molecule has 1 aliphatic heterocycles. The van der Waals surface area contributed by atoms with E-state index in [2.05, 4.69) is 146 Å². The van der Waals surface area contributed by atoms with Crippen molar-refractivity contribution in [2.45, 2.75) is 5.41 Å². The standard InChI is InChI=1S/C49H34IOP/c51-52(38-18-6-2-7-19-38,39-20-8-3-9-21-39)40-31-28-35(29-32-40)49(45-25-13-10-22-41(45)42-23-11-14-26-46(42)49)36-30-33-48-44(34-36)43-24-12-15-27-47(43)50(48)37-16-4-1-5-17-37/h1-34H. The zero-order valence-corrected chi connectivity index (χ0v) is 31.4. The van der Waals surface area contributed by atoms with E-state index in [1.54, 1.807) is 0 Å². The molecule has 0 saturated heterocycles. The fourth-order valence-electron chi connectivity index (χ4n) is 8.53. The van der Waals surface area contributed by atoms with Gasteiger partial charge in [0, 0.05) is 0 Å². The van der Waals surface area contributed by atoms with Crippen LogP contribution in [0.1, 0.15) is 22.3 Å². The van der Waals surface area contributed by atoms with E-state index in [4.69, 9.17) is 0 Å². The molecule has 0 radical (unpaired) electrons. The van der Waals surface area contributed by atoms with Gasteiger partial charge in [-0.3, -0.25) is 0 Å². The molecule has 10 rings (SSSR count). The van der Waals surface area contributed by atoms with Gasteiger partial charge in [-0.2, -0.15) is 0 Å². The number of benzene rings is 8. The Morgan fingerprint density at radius 1 is 0.365 bits per heavy atom. The number of halogens is 1. The third-order valence-electron chi connectivity index (χ3n) is 10.8. The number of hydrogen-bond acceptors (Lipinski definition) is 1. The van der Waals surface area contributed by atoms with Gasteiger partial charge in [0.05, 0.1) is 0 Å². The molecule has 0 amide bonds. The van der Waals surface area contributed by atoms with Gasteiger partial charge in [0.15, 0.2) is 0 Å². The maximum atomic E-state index is 15.4. The first-order valence-electron chi connectivity index (χ1n) is 17.7. The molecule has 0 fully saturated rings. The van der Waals surface area contributed by atoms with Crippen molar-refractivity contribution in [3.05, 3.63) is 239 Å². The van der Waals surface area contributed by atoms with Gasteiger partial charge in [-0.1, -0.05) is 36.4 Å². The quantitative estimate of drug-likeness (QED) is 0.121. The molecular formula is C49H34IOP. The molecule has 3 heteroatoms. The summed E-state index contributed by atoms with van der Waals surface area (Å²) in [6.07, 6.45) is 0. The average Bonchev–Trinajstić information content (AvgIpc) is 3.72. The van der Waals surface area contributed by atoms with E-state index in [1.165, 1.54) is 55.2 Å². The Morgan fingerprint density at radius 2 is 0.808 bits per heavy atom. The summed E-state index contributed by atoms with van der Waals surface area (Å²) in [7, 11) is -3.13. The molecule has 1 aliphatic carbocycles. The van der Waals surface area contributed by atoms with Gasteiger partial charge in [-0.05, 0) is 0 Å². The van der Waals surface area contributed by atoms with Gasteiger partial charge in [-0.15, -0.1) is 0 Å². The molecule has 0 spiro atoms. The molecule has 1 nitrogen and oxygen atoms in total. The Bertz CT molecular complexity index is 2560. The van der Waals surface area contributed by atoms with Crippen LogP contribution in [-0.2, 0) is 9.98 Å². The molecule has 0 atom stereocenters. The Balaban J connectivity index is 1.22. The van der Waals surface area contributed by atoms with Crippen LogP contribution in [0.3, 0.4) is 0 Å². The summed E-state index contributed by atoms with van der Waals surface area (Å²) in [5, 5.41) is 2.52. The van der Waals surface area contributed by atoms with E-state index < -0.39 is 32.4 Å². The first kappa shape index (κ1) is 31.5. The summed E-state index contributed by atoms with van der Waals surface area (Å²) in [5.74, 6) is 0. The molecule has 0 unspecified atom stereocenters. The Morgan fingerprint density at radius 3 is 1.40 bits per heavy atom. The van der Waals surface area contributed by atoms with E-state index in [0.29, 0.717) is 0 Å². The molecule has 8 aromatic carbocycles. The summed E-state index contributed by atoms with van der Waals surface area (Å²) < 4.78 is 19.9. The van der Waals surface area contributed by atoms with Crippen molar-refractivity contribution in [2.24, 2.45) is 0 Å². The van der Waals surface area contributed by atoms with Crippen LogP contribution in [0.25, 0.3) is 22.3 Å². The maximum absolute atomic E-state index is 15.4. The van der Waals surface area contributed by atoms with Crippen LogP contribution in [-0.4, -0.2) is 0 Å². The van der Waals surface area contributed by atoms with Gasteiger partial charge in [0.2, 0.25) is 0 Å². The van der Waals surface area contributed by atoms with E-state index >= 15 is 4.57 Å². The van der Waals surface area contributed by atoms with Crippen molar-refractivity contribution < 1.29 is 4.57 Å². The van der Waals surface area contributed by atoms with E-state index in [0.717, 1.165) is 15.9 Å². The minimum absolute atomic E-state index is 0.562. The van der Waals surface area contributed by atoms with Gasteiger partial charge in [0.1, 0.15) is 0 Å². The predicted molar refractivity (Wildman–Crippen MR) is 225 cm³/mol. The molecule has 0 saturated carbocycles. The molecule has 0 N–H and O–H groups in total. The van der Waals surface area contributed by atoms with Crippen molar-refractivity contribution in [2.75, 3.05) is 0 Å². The molecule has 8 aromatic rings. The SMILES string of the molecule is O=P(c1ccccc1)(c1ccccc1)c1ccc(C2(c3ccc4c(c3)-c3ccccc3I4c3ccccc3)c3ccccc3-c3ccccc32)cc1. The molecule has 1 heterocycles. The van der Waals surface area contributed by atoms with E-state index in [1.807, 2.05) is 60.7 Å². The predicted octanol–water partition coefficient (Wildman–Crippen LogP) is 11.1. The first-order chi connectivity index (χ1) is 25.7. The van der Waals surface area contributed by atoms with Crippen molar-refractivity contribution in [1.29, 1.82) is 0 Å². The molecule has 0 bridgehead atoms. The molecule has 0 aromatic heterocycles. The van der Waals surface area contributed by atoms with Crippen LogP contribution in [0.5, 0.6) is 0 Å². The second-order valence-electron chi connectivity index (χ2n) is 13.4. The summed E-state index contributed by atoms with van der Waals surface area (Å²) in [6.45, 7) is 0. The summed E-state index contributed by atoms with van der Waals surface area (Å²) >= 11 is -1.87. The summed E-state index contributed by atoms with van der Waals surface area (Å²) in [4.78, 5) is 0. The monoisotopic (exact) mass is 796 g/mol. The molecular weight excluding hydrogens is 762 g/mol. The summed E-state index contributed by atoms with van der Waals surface area (Å²) in [5.41, 5.74) is 9.68. The topological polar surface area (TPSA) is 17.1 Å². The van der Waals surface area contributed by atoms with Gasteiger partial charge in [-0.25, -0.2) is 0 Å². The fourth-order valence-corrected chi connectivity index (χ4v) is 17.5. The van der Waals surface area contributed by atoms with Crippen LogP contribution in [0, 0.1) is 10.7 Å². The van der Waals surface area contributed by atoms with Gasteiger partial charge >= 0.3 is 278 Å².